The van der Waals surface area contributed by atoms with Gasteiger partial charge in [0.2, 0.25) is 0 Å². The molecule has 0 saturated heterocycles. The number of aromatic hydroxyl groups is 1. The quantitative estimate of drug-likeness (QED) is 0.640. The number of nitrogens with two attached hydrogens (primary N) is 2. The summed E-state index contributed by atoms with van der Waals surface area (Å²) < 4.78 is 2.38. The maximum atomic E-state index is 11.9. The molecule has 1 amide bonds. The number of carbonyl (C=O) groups is 1. The number of carbonyl (C=O) groups excluding carboxylic acids is 1. The Balaban J connectivity index is 2.49. The molecule has 0 fully saturated rings. The Kier molecular flexibility index (Phi) is 3.52. The Hall–Kier alpha value is -2.54. The molecule has 0 atom stereocenters. The molecule has 2 aromatic heterocycles. The second-order valence-electron chi connectivity index (χ2n) is 5.37. The Morgan fingerprint density at radius 1 is 1.35 bits per heavy atom. The van der Waals surface area contributed by atoms with E-state index in [2.05, 4.69) is 20.9 Å². The van der Waals surface area contributed by atoms with Gasteiger partial charge in [-0.15, -0.1) is 0 Å². The number of nitrogen functional groups attached to an aromatic ring is 1. The van der Waals surface area contributed by atoms with Crippen molar-refractivity contribution >= 4 is 33.2 Å². The van der Waals surface area contributed by atoms with Crippen molar-refractivity contribution in [1.29, 1.82) is 0 Å². The highest BCUT2D eigenvalue weighted by atomic mass is 79.9. The van der Waals surface area contributed by atoms with Crippen molar-refractivity contribution in [3.05, 3.63) is 45.8 Å². The molecule has 118 valence electrons. The number of aromatic nitrogens is 2. The minimum atomic E-state index is -0.650. The number of phenols is 1. The number of nitrogens with zero attached hydrogens (tertiary/aromatic N) is 2. The number of imidazole rings is 1. The van der Waals surface area contributed by atoms with Gasteiger partial charge in [0.1, 0.15) is 15.9 Å². The van der Waals surface area contributed by atoms with E-state index in [1.54, 1.807) is 35.9 Å². The SMILES string of the molecule is Cc1ccc(O)c(C)c1-c1cn2c(Br)cnc2c(C(N)=O)c1N. The maximum Gasteiger partial charge on any atom is 0.254 e. The molecule has 5 N–H and O–H groups in total. The number of fused-ring (bicyclic) bond motifs is 1. The number of phenolic OH excluding ortho intramolecular Hbond substituents is 1. The van der Waals surface area contributed by atoms with E-state index >= 15 is 0 Å². The number of hydrogen-bond acceptors (Lipinski definition) is 4. The van der Waals surface area contributed by atoms with Crippen LogP contribution in [0, 0.1) is 13.8 Å². The van der Waals surface area contributed by atoms with Gasteiger partial charge in [0.15, 0.2) is 5.65 Å². The minimum absolute atomic E-state index is 0.162. The van der Waals surface area contributed by atoms with E-state index in [0.29, 0.717) is 21.4 Å². The predicted octanol–water partition coefficient (Wildman–Crippen LogP) is 2.77. The summed E-state index contributed by atoms with van der Waals surface area (Å²) in [6, 6.07) is 3.43. The third-order valence-electron chi connectivity index (χ3n) is 3.95. The Morgan fingerprint density at radius 3 is 2.70 bits per heavy atom. The number of amides is 1. The first-order valence-corrected chi connectivity index (χ1v) is 7.66. The maximum absolute atomic E-state index is 11.9. The molecule has 2 heterocycles. The van der Waals surface area contributed by atoms with Gasteiger partial charge in [-0.1, -0.05) is 6.07 Å². The van der Waals surface area contributed by atoms with Crippen LogP contribution in [-0.2, 0) is 0 Å². The zero-order chi connectivity index (χ0) is 16.9. The molecular formula is C16H15BrN4O2. The van der Waals surface area contributed by atoms with Gasteiger partial charge >= 0.3 is 0 Å². The van der Waals surface area contributed by atoms with Crippen LogP contribution in [0.3, 0.4) is 0 Å². The van der Waals surface area contributed by atoms with Crippen molar-refractivity contribution in [3.8, 4) is 16.9 Å². The summed E-state index contributed by atoms with van der Waals surface area (Å²) in [6.07, 6.45) is 3.36. The Bertz CT molecular complexity index is 963. The number of hydrogen-bond donors (Lipinski definition) is 3. The molecule has 0 radical (unpaired) electrons. The largest absolute Gasteiger partial charge is 0.508 e. The summed E-state index contributed by atoms with van der Waals surface area (Å²) >= 11 is 3.39. The van der Waals surface area contributed by atoms with Crippen LogP contribution in [0.15, 0.2) is 29.1 Å². The lowest BCUT2D eigenvalue weighted by Gasteiger charge is -2.16. The number of primary amides is 1. The summed E-state index contributed by atoms with van der Waals surface area (Å²) in [5, 5.41) is 10.0. The molecule has 0 aliphatic heterocycles. The number of rotatable bonds is 2. The summed E-state index contributed by atoms with van der Waals surface area (Å²) in [6.45, 7) is 3.71. The monoisotopic (exact) mass is 374 g/mol. The van der Waals surface area contributed by atoms with Crippen LogP contribution in [0.25, 0.3) is 16.8 Å². The topological polar surface area (TPSA) is 107 Å². The second kappa shape index (κ2) is 5.27. The van der Waals surface area contributed by atoms with Gasteiger partial charge in [0, 0.05) is 11.8 Å². The van der Waals surface area contributed by atoms with E-state index in [1.165, 1.54) is 0 Å². The zero-order valence-corrected chi connectivity index (χ0v) is 14.2. The molecule has 0 aliphatic rings. The van der Waals surface area contributed by atoms with Crippen LogP contribution in [0.1, 0.15) is 21.5 Å². The first-order chi connectivity index (χ1) is 10.8. The highest BCUT2D eigenvalue weighted by molar-refractivity contribution is 9.10. The second-order valence-corrected chi connectivity index (χ2v) is 6.18. The van der Waals surface area contributed by atoms with E-state index in [-0.39, 0.29) is 17.0 Å². The summed E-state index contributed by atoms with van der Waals surface area (Å²) in [4.78, 5) is 16.1. The Labute approximate surface area is 140 Å². The number of anilines is 1. The van der Waals surface area contributed by atoms with Crippen LogP contribution in [-0.4, -0.2) is 20.4 Å². The molecule has 3 aromatic rings. The van der Waals surface area contributed by atoms with Crippen molar-refractivity contribution in [2.75, 3.05) is 5.73 Å². The minimum Gasteiger partial charge on any atom is -0.508 e. The predicted molar refractivity (Wildman–Crippen MR) is 92.4 cm³/mol. The van der Waals surface area contributed by atoms with Crippen LogP contribution in [0.4, 0.5) is 5.69 Å². The molecule has 0 spiro atoms. The van der Waals surface area contributed by atoms with Gasteiger partial charge in [0.25, 0.3) is 5.91 Å². The highest BCUT2D eigenvalue weighted by Gasteiger charge is 2.21. The van der Waals surface area contributed by atoms with Crippen LogP contribution in [0.2, 0.25) is 0 Å². The average molecular weight is 375 g/mol. The molecule has 0 bridgehead atoms. The molecular weight excluding hydrogens is 360 g/mol. The lowest BCUT2D eigenvalue weighted by molar-refractivity contribution is 0.100. The van der Waals surface area contributed by atoms with Crippen molar-refractivity contribution < 1.29 is 9.90 Å². The van der Waals surface area contributed by atoms with Gasteiger partial charge in [-0.2, -0.15) is 0 Å². The number of halogens is 1. The molecule has 23 heavy (non-hydrogen) atoms. The van der Waals surface area contributed by atoms with E-state index in [4.69, 9.17) is 11.5 Å². The van der Waals surface area contributed by atoms with Crippen LogP contribution < -0.4 is 11.5 Å². The molecule has 0 aliphatic carbocycles. The summed E-state index contributed by atoms with van der Waals surface area (Å²) in [7, 11) is 0. The highest BCUT2D eigenvalue weighted by Crippen LogP contribution is 2.38. The van der Waals surface area contributed by atoms with Crippen molar-refractivity contribution in [1.82, 2.24) is 9.38 Å². The smallest absolute Gasteiger partial charge is 0.254 e. The fourth-order valence-corrected chi connectivity index (χ4v) is 3.17. The average Bonchev–Trinajstić information content (AvgIpc) is 2.84. The van der Waals surface area contributed by atoms with E-state index < -0.39 is 5.91 Å². The fourth-order valence-electron chi connectivity index (χ4n) is 2.79. The van der Waals surface area contributed by atoms with Gasteiger partial charge < -0.3 is 16.6 Å². The van der Waals surface area contributed by atoms with Gasteiger partial charge in [-0.3, -0.25) is 9.20 Å². The summed E-state index contributed by atoms with van der Waals surface area (Å²) in [5.74, 6) is -0.488. The van der Waals surface area contributed by atoms with Crippen LogP contribution in [0.5, 0.6) is 5.75 Å². The molecule has 0 saturated carbocycles. The zero-order valence-electron chi connectivity index (χ0n) is 12.6. The first kappa shape index (κ1) is 15.4. The van der Waals surface area contributed by atoms with Crippen molar-refractivity contribution in [2.24, 2.45) is 5.73 Å². The molecule has 6 nitrogen and oxygen atoms in total. The van der Waals surface area contributed by atoms with Crippen molar-refractivity contribution in [3.63, 3.8) is 0 Å². The Morgan fingerprint density at radius 2 is 2.04 bits per heavy atom. The standard InChI is InChI=1S/C16H15BrN4O2/c1-7-3-4-10(22)8(2)12(7)9-6-21-11(17)5-20-16(21)13(14(9)18)15(19)23/h3-6,22H,18H2,1-2H3,(H2,19,23). The van der Waals surface area contributed by atoms with Gasteiger partial charge in [0.05, 0.1) is 11.9 Å². The normalized spacial score (nSPS) is 11.1. The van der Waals surface area contributed by atoms with E-state index in [1.807, 2.05) is 6.92 Å². The molecule has 1 aromatic carbocycles. The molecule has 3 rings (SSSR count). The van der Waals surface area contributed by atoms with Crippen LogP contribution >= 0.6 is 15.9 Å². The van der Waals surface area contributed by atoms with E-state index in [0.717, 1.165) is 11.1 Å². The fraction of sp³-hybridized carbons (Fsp3) is 0.125. The number of aryl methyl sites for hydroxylation is 1. The third-order valence-corrected chi connectivity index (χ3v) is 4.54. The number of pyridine rings is 1. The lowest BCUT2D eigenvalue weighted by atomic mass is 9.93. The van der Waals surface area contributed by atoms with Gasteiger partial charge in [-0.05, 0) is 52.5 Å². The summed E-state index contributed by atoms with van der Waals surface area (Å²) in [5.41, 5.74) is 15.5. The molecule has 7 heteroatoms. The lowest BCUT2D eigenvalue weighted by Crippen LogP contribution is -2.16. The van der Waals surface area contributed by atoms with Gasteiger partial charge in [-0.25, -0.2) is 4.98 Å². The molecule has 0 unspecified atom stereocenters. The number of benzene rings is 1. The van der Waals surface area contributed by atoms with E-state index in [9.17, 15) is 9.90 Å². The van der Waals surface area contributed by atoms with Crippen molar-refractivity contribution in [2.45, 2.75) is 13.8 Å². The third kappa shape index (κ3) is 2.24. The first-order valence-electron chi connectivity index (χ1n) is 6.87.